The van der Waals surface area contributed by atoms with Crippen molar-refractivity contribution in [1.82, 2.24) is 0 Å². The zero-order valence-electron chi connectivity index (χ0n) is 12.8. The molecular weight excluding hydrogens is 278 g/mol. The molecule has 0 saturated carbocycles. The van der Waals surface area contributed by atoms with E-state index < -0.39 is 7.60 Å². The maximum atomic E-state index is 12.6. The van der Waals surface area contributed by atoms with Gasteiger partial charge >= 0.3 is 7.60 Å². The third-order valence-corrected chi connectivity index (χ3v) is 4.94. The Morgan fingerprint density at radius 1 is 1.10 bits per heavy atom. The van der Waals surface area contributed by atoms with Crippen LogP contribution in [-0.4, -0.2) is 35.3 Å². The lowest BCUT2D eigenvalue weighted by Crippen LogP contribution is -2.15. The van der Waals surface area contributed by atoms with Crippen LogP contribution >= 0.6 is 7.60 Å². The standard InChI is InChI=1S/C13H22BO5P/c1-5-18-20(15,19-6-2)9-10-7-11(16-3)8-12(17-4)13(10)14/h7-8H,5-6,9,14H2,1-4H3. The zero-order valence-corrected chi connectivity index (χ0v) is 13.7. The van der Waals surface area contributed by atoms with Crippen molar-refractivity contribution < 1.29 is 23.1 Å². The monoisotopic (exact) mass is 300 g/mol. The third-order valence-electron chi connectivity index (χ3n) is 2.91. The average molecular weight is 300 g/mol. The van der Waals surface area contributed by atoms with E-state index in [1.807, 2.05) is 13.9 Å². The molecule has 20 heavy (non-hydrogen) atoms. The van der Waals surface area contributed by atoms with Gasteiger partial charge in [-0.2, -0.15) is 0 Å². The molecule has 112 valence electrons. The molecule has 0 amide bonds. The number of hydrogen-bond acceptors (Lipinski definition) is 5. The SMILES string of the molecule is Bc1c(CP(=O)(OCC)OCC)cc(OC)cc1OC. The summed E-state index contributed by atoms with van der Waals surface area (Å²) in [7, 11) is 1.95. The molecule has 0 aliphatic carbocycles. The lowest BCUT2D eigenvalue weighted by atomic mass is 9.90. The predicted octanol–water partition coefficient (Wildman–Crippen LogP) is 1.73. The van der Waals surface area contributed by atoms with Crippen LogP contribution in [0.25, 0.3) is 0 Å². The van der Waals surface area contributed by atoms with Crippen molar-refractivity contribution in [3.8, 4) is 11.5 Å². The minimum Gasteiger partial charge on any atom is -0.497 e. The maximum Gasteiger partial charge on any atom is 0.334 e. The molecule has 0 radical (unpaired) electrons. The molecule has 0 aromatic heterocycles. The maximum absolute atomic E-state index is 12.6. The van der Waals surface area contributed by atoms with Gasteiger partial charge in [0, 0.05) is 6.07 Å². The molecule has 0 heterocycles. The third kappa shape index (κ3) is 4.27. The largest absolute Gasteiger partial charge is 0.497 e. The molecule has 5 nitrogen and oxygen atoms in total. The van der Waals surface area contributed by atoms with E-state index in [0.717, 1.165) is 11.0 Å². The highest BCUT2D eigenvalue weighted by Crippen LogP contribution is 2.51. The van der Waals surface area contributed by atoms with Gasteiger partial charge in [0.05, 0.1) is 33.6 Å². The van der Waals surface area contributed by atoms with Gasteiger partial charge in [-0.3, -0.25) is 4.57 Å². The van der Waals surface area contributed by atoms with Crippen molar-refractivity contribution in [2.75, 3.05) is 27.4 Å². The Labute approximate surface area is 121 Å². The molecule has 0 spiro atoms. The second-order valence-electron chi connectivity index (χ2n) is 4.22. The van der Waals surface area contributed by atoms with Crippen LogP contribution < -0.4 is 14.9 Å². The Morgan fingerprint density at radius 3 is 2.15 bits per heavy atom. The van der Waals surface area contributed by atoms with Crippen LogP contribution in [0.1, 0.15) is 19.4 Å². The van der Waals surface area contributed by atoms with Gasteiger partial charge in [0.2, 0.25) is 0 Å². The molecule has 0 N–H and O–H groups in total. The number of ether oxygens (including phenoxy) is 2. The van der Waals surface area contributed by atoms with Crippen molar-refractivity contribution >= 4 is 20.9 Å². The smallest absolute Gasteiger partial charge is 0.334 e. The van der Waals surface area contributed by atoms with Crippen molar-refractivity contribution in [3.05, 3.63) is 17.7 Å². The fourth-order valence-corrected chi connectivity index (χ4v) is 3.73. The first-order valence-corrected chi connectivity index (χ1v) is 8.32. The van der Waals surface area contributed by atoms with E-state index in [-0.39, 0.29) is 6.16 Å². The molecule has 1 aromatic rings. The van der Waals surface area contributed by atoms with Gasteiger partial charge in [-0.25, -0.2) is 0 Å². The molecule has 0 saturated heterocycles. The Kier molecular flexibility index (Phi) is 6.60. The minimum atomic E-state index is -3.14. The number of methoxy groups -OCH3 is 2. The molecule has 1 aromatic carbocycles. The van der Waals surface area contributed by atoms with Crippen LogP contribution in [0, 0.1) is 0 Å². The van der Waals surface area contributed by atoms with Crippen LogP contribution in [0.2, 0.25) is 0 Å². The summed E-state index contributed by atoms with van der Waals surface area (Å²) in [6.07, 6.45) is 0.202. The summed E-state index contributed by atoms with van der Waals surface area (Å²) in [5.41, 5.74) is 1.75. The van der Waals surface area contributed by atoms with E-state index in [1.165, 1.54) is 0 Å². The minimum absolute atomic E-state index is 0.202. The summed E-state index contributed by atoms with van der Waals surface area (Å²) >= 11 is 0. The summed E-state index contributed by atoms with van der Waals surface area (Å²) in [5.74, 6) is 1.35. The number of benzene rings is 1. The molecule has 0 aliphatic rings. The Balaban J connectivity index is 3.14. The molecular formula is C13H22BO5P. The van der Waals surface area contributed by atoms with Crippen molar-refractivity contribution in [2.45, 2.75) is 20.0 Å². The number of hydrogen-bond donors (Lipinski definition) is 0. The second kappa shape index (κ2) is 7.72. The lowest BCUT2D eigenvalue weighted by molar-refractivity contribution is 0.219. The Morgan fingerprint density at radius 2 is 1.70 bits per heavy atom. The van der Waals surface area contributed by atoms with Gasteiger partial charge in [0.1, 0.15) is 19.3 Å². The molecule has 1 rings (SSSR count). The van der Waals surface area contributed by atoms with E-state index in [0.29, 0.717) is 24.7 Å². The summed E-state index contributed by atoms with van der Waals surface area (Å²) < 4.78 is 33.8. The van der Waals surface area contributed by atoms with Crippen LogP contribution in [0.15, 0.2) is 12.1 Å². The van der Waals surface area contributed by atoms with Gasteiger partial charge < -0.3 is 18.5 Å². The topological polar surface area (TPSA) is 54.0 Å². The fraction of sp³-hybridized carbons (Fsp3) is 0.538. The zero-order chi connectivity index (χ0) is 15.2. The van der Waals surface area contributed by atoms with E-state index in [1.54, 1.807) is 34.1 Å². The summed E-state index contributed by atoms with van der Waals surface area (Å²) in [6, 6.07) is 3.63. The van der Waals surface area contributed by atoms with Gasteiger partial charge in [-0.15, -0.1) is 0 Å². The van der Waals surface area contributed by atoms with Gasteiger partial charge in [-0.05, 0) is 30.9 Å². The van der Waals surface area contributed by atoms with Crippen molar-refractivity contribution in [3.63, 3.8) is 0 Å². The summed E-state index contributed by atoms with van der Waals surface area (Å²) in [6.45, 7) is 4.28. The van der Waals surface area contributed by atoms with Crippen LogP contribution in [0.5, 0.6) is 11.5 Å². The normalized spacial score (nSPS) is 11.4. The van der Waals surface area contributed by atoms with Crippen LogP contribution in [0.4, 0.5) is 0 Å². The highest BCUT2D eigenvalue weighted by atomic mass is 31.2. The molecule has 0 fully saturated rings. The van der Waals surface area contributed by atoms with Gasteiger partial charge in [0.15, 0.2) is 0 Å². The van der Waals surface area contributed by atoms with Crippen molar-refractivity contribution in [2.24, 2.45) is 0 Å². The highest BCUT2D eigenvalue weighted by molar-refractivity contribution is 7.53. The quantitative estimate of drug-likeness (QED) is 0.540. The van der Waals surface area contributed by atoms with Crippen molar-refractivity contribution in [1.29, 1.82) is 0 Å². The number of rotatable bonds is 8. The van der Waals surface area contributed by atoms with Crippen LogP contribution in [0.3, 0.4) is 0 Å². The molecule has 0 bridgehead atoms. The van der Waals surface area contributed by atoms with Crippen LogP contribution in [-0.2, 0) is 19.8 Å². The predicted molar refractivity (Wildman–Crippen MR) is 82.3 cm³/mol. The first-order chi connectivity index (χ1) is 9.49. The summed E-state index contributed by atoms with van der Waals surface area (Å²) in [4.78, 5) is 0. The molecule has 0 aliphatic heterocycles. The molecule has 0 unspecified atom stereocenters. The van der Waals surface area contributed by atoms with E-state index in [2.05, 4.69) is 0 Å². The Bertz CT molecular complexity index is 482. The fourth-order valence-electron chi connectivity index (χ4n) is 1.94. The Hall–Kier alpha value is -0.965. The van der Waals surface area contributed by atoms with E-state index in [4.69, 9.17) is 18.5 Å². The summed E-state index contributed by atoms with van der Waals surface area (Å²) in [5, 5.41) is 0. The van der Waals surface area contributed by atoms with E-state index >= 15 is 0 Å². The van der Waals surface area contributed by atoms with Gasteiger partial charge in [-0.1, -0.05) is 0 Å². The van der Waals surface area contributed by atoms with E-state index in [9.17, 15) is 4.57 Å². The second-order valence-corrected chi connectivity index (χ2v) is 6.27. The molecule has 0 atom stereocenters. The first kappa shape index (κ1) is 17.1. The highest BCUT2D eigenvalue weighted by Gasteiger charge is 2.26. The molecule has 7 heteroatoms. The average Bonchev–Trinajstić information content (AvgIpc) is 2.41. The lowest BCUT2D eigenvalue weighted by Gasteiger charge is -2.19. The first-order valence-electron chi connectivity index (χ1n) is 6.59. The van der Waals surface area contributed by atoms with Gasteiger partial charge in [0.25, 0.3) is 0 Å².